The molecule has 0 aliphatic carbocycles. The first-order valence-electron chi connectivity index (χ1n) is 8.66. The van der Waals surface area contributed by atoms with Crippen molar-refractivity contribution in [2.24, 2.45) is 0 Å². The average Bonchev–Trinajstić information content (AvgIpc) is 2.74. The van der Waals surface area contributed by atoms with E-state index in [9.17, 15) is 14.9 Å². The molecule has 6 nitrogen and oxygen atoms in total. The maximum Gasteiger partial charge on any atom is 0.269 e. The molecular formula is C22H17N3O3. The highest BCUT2D eigenvalue weighted by Crippen LogP contribution is 2.25. The van der Waals surface area contributed by atoms with E-state index >= 15 is 0 Å². The third-order valence-electron chi connectivity index (χ3n) is 4.35. The van der Waals surface area contributed by atoms with Gasteiger partial charge >= 0.3 is 0 Å². The van der Waals surface area contributed by atoms with Crippen LogP contribution in [0.5, 0.6) is 0 Å². The van der Waals surface area contributed by atoms with E-state index in [0.717, 1.165) is 11.3 Å². The van der Waals surface area contributed by atoms with Gasteiger partial charge in [-0.3, -0.25) is 14.9 Å². The summed E-state index contributed by atoms with van der Waals surface area (Å²) in [4.78, 5) is 23.0. The Labute approximate surface area is 162 Å². The molecule has 0 saturated heterocycles. The van der Waals surface area contributed by atoms with E-state index in [1.165, 1.54) is 24.3 Å². The highest BCUT2D eigenvalue weighted by molar-refractivity contribution is 5.96. The molecule has 0 aliphatic rings. The number of nitriles is 1. The molecule has 6 heteroatoms. The molecule has 0 amide bonds. The van der Waals surface area contributed by atoms with E-state index < -0.39 is 4.92 Å². The lowest BCUT2D eigenvalue weighted by molar-refractivity contribution is -0.384. The van der Waals surface area contributed by atoms with Gasteiger partial charge in [-0.2, -0.15) is 5.26 Å². The van der Waals surface area contributed by atoms with Crippen molar-refractivity contribution in [3.8, 4) is 6.07 Å². The zero-order valence-corrected chi connectivity index (χ0v) is 14.9. The van der Waals surface area contributed by atoms with E-state index in [1.54, 1.807) is 24.3 Å². The molecule has 1 unspecified atom stereocenters. The van der Waals surface area contributed by atoms with Gasteiger partial charge in [0.1, 0.15) is 0 Å². The van der Waals surface area contributed by atoms with Gasteiger partial charge in [0.15, 0.2) is 5.78 Å². The summed E-state index contributed by atoms with van der Waals surface area (Å²) in [5.74, 6) is -0.120. The molecule has 0 fully saturated rings. The monoisotopic (exact) mass is 371 g/mol. The van der Waals surface area contributed by atoms with Crippen LogP contribution in [-0.4, -0.2) is 10.7 Å². The maximum atomic E-state index is 12.7. The van der Waals surface area contributed by atoms with Crippen LogP contribution in [0, 0.1) is 21.4 Å². The van der Waals surface area contributed by atoms with E-state index in [4.69, 9.17) is 5.26 Å². The van der Waals surface area contributed by atoms with Crippen LogP contribution in [0.4, 0.5) is 11.4 Å². The molecule has 1 N–H and O–H groups in total. The Balaban J connectivity index is 1.81. The lowest BCUT2D eigenvalue weighted by Gasteiger charge is -2.20. The summed E-state index contributed by atoms with van der Waals surface area (Å²) in [6.45, 7) is 0. The molecular weight excluding hydrogens is 354 g/mol. The minimum atomic E-state index is -0.493. The number of rotatable bonds is 7. The highest BCUT2D eigenvalue weighted by atomic mass is 16.6. The van der Waals surface area contributed by atoms with Gasteiger partial charge in [0.05, 0.1) is 22.6 Å². The zero-order valence-electron chi connectivity index (χ0n) is 14.9. The van der Waals surface area contributed by atoms with Gasteiger partial charge in [-0.15, -0.1) is 0 Å². The molecule has 0 aromatic heterocycles. The lowest BCUT2D eigenvalue weighted by Crippen LogP contribution is -2.16. The summed E-state index contributed by atoms with van der Waals surface area (Å²) in [7, 11) is 0. The van der Waals surface area contributed by atoms with Crippen LogP contribution in [0.1, 0.15) is 33.9 Å². The van der Waals surface area contributed by atoms with Crippen LogP contribution in [0.3, 0.4) is 0 Å². The Morgan fingerprint density at radius 1 is 1.00 bits per heavy atom. The quantitative estimate of drug-likeness (QED) is 0.362. The summed E-state index contributed by atoms with van der Waals surface area (Å²) < 4.78 is 0. The molecule has 0 heterocycles. The smallest absolute Gasteiger partial charge is 0.269 e. The van der Waals surface area contributed by atoms with Gasteiger partial charge in [-0.05, 0) is 42.0 Å². The van der Waals surface area contributed by atoms with Crippen molar-refractivity contribution in [3.63, 3.8) is 0 Å². The normalized spacial score (nSPS) is 11.2. The number of ketones is 1. The third-order valence-corrected chi connectivity index (χ3v) is 4.35. The van der Waals surface area contributed by atoms with Gasteiger partial charge < -0.3 is 5.32 Å². The number of non-ortho nitro benzene ring substituents is 1. The van der Waals surface area contributed by atoms with Gasteiger partial charge in [0, 0.05) is 29.8 Å². The number of nitrogens with zero attached hydrogens (tertiary/aromatic N) is 2. The number of Topliss-reactive ketones (excluding diaryl/α,β-unsaturated/α-hetero) is 1. The number of nitrogens with one attached hydrogen (secondary N) is 1. The van der Waals surface area contributed by atoms with Crippen molar-refractivity contribution in [3.05, 3.63) is 106 Å². The fraction of sp³-hybridized carbons (Fsp3) is 0.0909. The molecule has 3 rings (SSSR count). The van der Waals surface area contributed by atoms with Crippen molar-refractivity contribution in [1.29, 1.82) is 5.26 Å². The predicted octanol–water partition coefficient (Wildman–Crippen LogP) is 4.89. The third kappa shape index (κ3) is 4.59. The number of nitro groups is 1. The first-order chi connectivity index (χ1) is 13.6. The molecule has 0 bridgehead atoms. The van der Waals surface area contributed by atoms with Crippen LogP contribution < -0.4 is 5.32 Å². The number of hydrogen-bond acceptors (Lipinski definition) is 5. The molecule has 0 saturated carbocycles. The molecule has 3 aromatic rings. The second-order valence-electron chi connectivity index (χ2n) is 6.23. The second kappa shape index (κ2) is 8.60. The van der Waals surface area contributed by atoms with E-state index in [1.807, 2.05) is 30.3 Å². The molecule has 0 aliphatic heterocycles. The first kappa shape index (κ1) is 18.8. The van der Waals surface area contributed by atoms with Crippen molar-refractivity contribution >= 4 is 17.2 Å². The van der Waals surface area contributed by atoms with Gasteiger partial charge in [-0.25, -0.2) is 0 Å². The summed E-state index contributed by atoms with van der Waals surface area (Å²) in [6, 6.07) is 24.0. The van der Waals surface area contributed by atoms with Gasteiger partial charge in [0.25, 0.3) is 5.69 Å². The van der Waals surface area contributed by atoms with Crippen LogP contribution in [0.15, 0.2) is 78.9 Å². The second-order valence-corrected chi connectivity index (χ2v) is 6.23. The van der Waals surface area contributed by atoms with E-state index in [2.05, 4.69) is 11.4 Å². The largest absolute Gasteiger partial charge is 0.378 e. The Morgan fingerprint density at radius 2 is 1.64 bits per heavy atom. The van der Waals surface area contributed by atoms with Crippen LogP contribution >= 0.6 is 0 Å². The number of carbonyl (C=O) groups is 1. The molecule has 0 spiro atoms. The number of hydrogen-bond donors (Lipinski definition) is 1. The molecule has 3 aromatic carbocycles. The Kier molecular flexibility index (Phi) is 5.78. The Hall–Kier alpha value is -3.98. The first-order valence-corrected chi connectivity index (χ1v) is 8.66. The molecule has 138 valence electrons. The van der Waals surface area contributed by atoms with E-state index in [0.29, 0.717) is 11.1 Å². The summed E-state index contributed by atoms with van der Waals surface area (Å²) >= 11 is 0. The van der Waals surface area contributed by atoms with Crippen molar-refractivity contribution in [2.45, 2.75) is 12.5 Å². The number of anilines is 1. The van der Waals surface area contributed by atoms with Gasteiger partial charge in [0.2, 0.25) is 0 Å². The van der Waals surface area contributed by atoms with Crippen molar-refractivity contribution in [1.82, 2.24) is 0 Å². The average molecular weight is 371 g/mol. The van der Waals surface area contributed by atoms with Crippen molar-refractivity contribution in [2.75, 3.05) is 5.32 Å². The molecule has 0 radical (unpaired) electrons. The topological polar surface area (TPSA) is 96.0 Å². The SMILES string of the molecule is N#Cc1ccc(NC(CC(=O)c2ccc([N+](=O)[O-])cc2)c2ccccc2)cc1. The summed E-state index contributed by atoms with van der Waals surface area (Å²) in [5, 5.41) is 23.1. The van der Waals surface area contributed by atoms with Crippen LogP contribution in [-0.2, 0) is 0 Å². The van der Waals surface area contributed by atoms with Crippen LogP contribution in [0.2, 0.25) is 0 Å². The minimum Gasteiger partial charge on any atom is -0.378 e. The maximum absolute atomic E-state index is 12.7. The van der Waals surface area contributed by atoms with Crippen molar-refractivity contribution < 1.29 is 9.72 Å². The fourth-order valence-corrected chi connectivity index (χ4v) is 2.85. The standard InChI is InChI=1S/C22H17N3O3/c23-15-16-6-10-19(11-7-16)24-21(17-4-2-1-3-5-17)14-22(26)18-8-12-20(13-9-18)25(27)28/h1-13,21,24H,14H2. The zero-order chi connectivity index (χ0) is 19.9. The molecule has 28 heavy (non-hydrogen) atoms. The van der Waals surface area contributed by atoms with Crippen LogP contribution in [0.25, 0.3) is 0 Å². The fourth-order valence-electron chi connectivity index (χ4n) is 2.85. The highest BCUT2D eigenvalue weighted by Gasteiger charge is 2.18. The predicted molar refractivity (Wildman–Crippen MR) is 106 cm³/mol. The Bertz CT molecular complexity index is 1010. The summed E-state index contributed by atoms with van der Waals surface area (Å²) in [6.07, 6.45) is 0.182. The molecule has 1 atom stereocenters. The number of carbonyl (C=O) groups excluding carboxylic acids is 1. The number of benzene rings is 3. The summed E-state index contributed by atoms with van der Waals surface area (Å²) in [5.41, 5.74) is 2.68. The Morgan fingerprint density at radius 3 is 2.21 bits per heavy atom. The van der Waals surface area contributed by atoms with E-state index in [-0.39, 0.29) is 23.9 Å². The lowest BCUT2D eigenvalue weighted by atomic mass is 9.97. The van der Waals surface area contributed by atoms with Gasteiger partial charge in [-0.1, -0.05) is 30.3 Å². The minimum absolute atomic E-state index is 0.0492. The number of nitro benzene ring substituents is 1.